The number of hydrogen-bond donors (Lipinski definition) is 4. The normalized spacial score (nSPS) is 17.7. The van der Waals surface area contributed by atoms with Crippen LogP contribution in [0.1, 0.15) is 12.8 Å². The first-order valence-corrected chi connectivity index (χ1v) is 5.71. The molecule has 1 atom stereocenters. The van der Waals surface area contributed by atoms with Crippen LogP contribution in [0.15, 0.2) is 0 Å². The van der Waals surface area contributed by atoms with Crippen LogP contribution < -0.4 is 10.6 Å². The van der Waals surface area contributed by atoms with Crippen LogP contribution in [-0.2, 0) is 9.59 Å². The van der Waals surface area contributed by atoms with Crippen molar-refractivity contribution in [3.63, 3.8) is 0 Å². The molecule has 0 unspecified atom stereocenters. The first-order valence-electron chi connectivity index (χ1n) is 5.71. The van der Waals surface area contributed by atoms with Gasteiger partial charge in [-0.05, 0) is 13.0 Å². The van der Waals surface area contributed by atoms with Gasteiger partial charge < -0.3 is 25.7 Å². The molecular weight excluding hydrogens is 242 g/mol. The van der Waals surface area contributed by atoms with Gasteiger partial charge in [0.25, 0.3) is 0 Å². The van der Waals surface area contributed by atoms with Gasteiger partial charge in [-0.15, -0.1) is 0 Å². The Labute approximate surface area is 104 Å². The topological polar surface area (TPSA) is 119 Å². The molecule has 0 spiro atoms. The van der Waals surface area contributed by atoms with Crippen molar-refractivity contribution in [2.75, 3.05) is 26.2 Å². The summed E-state index contributed by atoms with van der Waals surface area (Å²) in [4.78, 5) is 34.6. The standard InChI is InChI=1S/C10H17N3O5/c14-8(15)6-7(9(16)17)12-10(18)13-4-1-2-11-3-5-13/h7,11H,1-6H2,(H,12,18)(H,14,15)(H,16,17)/t7-/m1/s1. The molecule has 0 saturated carbocycles. The fraction of sp³-hybridized carbons (Fsp3) is 0.700. The van der Waals surface area contributed by atoms with Crippen LogP contribution in [0.2, 0.25) is 0 Å². The van der Waals surface area contributed by atoms with Gasteiger partial charge in [0, 0.05) is 19.6 Å². The summed E-state index contributed by atoms with van der Waals surface area (Å²) in [6, 6.07) is -1.93. The van der Waals surface area contributed by atoms with Crippen molar-refractivity contribution in [3.05, 3.63) is 0 Å². The molecule has 1 aliphatic rings. The van der Waals surface area contributed by atoms with Crippen LogP contribution in [0.4, 0.5) is 4.79 Å². The summed E-state index contributed by atoms with van der Waals surface area (Å²) in [7, 11) is 0. The molecule has 8 nitrogen and oxygen atoms in total. The van der Waals surface area contributed by atoms with E-state index in [2.05, 4.69) is 10.6 Å². The lowest BCUT2D eigenvalue weighted by Gasteiger charge is -2.22. The Hall–Kier alpha value is -1.83. The third-order valence-corrected chi connectivity index (χ3v) is 2.60. The number of carbonyl (C=O) groups is 3. The molecule has 1 aliphatic heterocycles. The van der Waals surface area contributed by atoms with Gasteiger partial charge in [0.1, 0.15) is 6.04 Å². The number of hydrogen-bond acceptors (Lipinski definition) is 4. The summed E-state index contributed by atoms with van der Waals surface area (Å²) >= 11 is 0. The van der Waals surface area contributed by atoms with Crippen LogP contribution in [-0.4, -0.2) is 65.3 Å². The maximum atomic E-state index is 11.8. The molecule has 0 aromatic heterocycles. The minimum absolute atomic E-state index is 0.477. The average Bonchev–Trinajstić information content (AvgIpc) is 2.55. The number of nitrogens with one attached hydrogen (secondary N) is 2. The molecule has 0 radical (unpaired) electrons. The average molecular weight is 259 g/mol. The first kappa shape index (κ1) is 14.2. The molecule has 0 bridgehead atoms. The molecule has 18 heavy (non-hydrogen) atoms. The molecule has 1 saturated heterocycles. The molecular formula is C10H17N3O5. The van der Waals surface area contributed by atoms with Gasteiger partial charge in [-0.3, -0.25) is 4.79 Å². The van der Waals surface area contributed by atoms with Crippen molar-refractivity contribution >= 4 is 18.0 Å². The highest BCUT2D eigenvalue weighted by molar-refractivity contribution is 5.86. The van der Waals surface area contributed by atoms with E-state index in [-0.39, 0.29) is 0 Å². The lowest BCUT2D eigenvalue weighted by Crippen LogP contribution is -2.49. The summed E-state index contributed by atoms with van der Waals surface area (Å²) in [6.07, 6.45) is 0.150. The zero-order valence-corrected chi connectivity index (χ0v) is 9.89. The Bertz CT molecular complexity index is 325. The summed E-state index contributed by atoms with van der Waals surface area (Å²) < 4.78 is 0. The number of nitrogens with zero attached hydrogens (tertiary/aromatic N) is 1. The number of carboxylic acids is 2. The Morgan fingerprint density at radius 3 is 2.56 bits per heavy atom. The molecule has 1 heterocycles. The molecule has 0 aromatic carbocycles. The number of aliphatic carboxylic acids is 2. The SMILES string of the molecule is O=C(O)C[C@@H](NC(=O)N1CCCNCC1)C(=O)O. The molecule has 8 heteroatoms. The highest BCUT2D eigenvalue weighted by Gasteiger charge is 2.25. The zero-order valence-electron chi connectivity index (χ0n) is 9.89. The van der Waals surface area contributed by atoms with E-state index in [1.807, 2.05) is 0 Å². The molecule has 0 aromatic rings. The van der Waals surface area contributed by atoms with Gasteiger partial charge in [0.15, 0.2) is 0 Å². The molecule has 1 rings (SSSR count). The van der Waals surface area contributed by atoms with Gasteiger partial charge >= 0.3 is 18.0 Å². The van der Waals surface area contributed by atoms with Gasteiger partial charge in [0.2, 0.25) is 0 Å². The van der Waals surface area contributed by atoms with Crippen LogP contribution >= 0.6 is 0 Å². The smallest absolute Gasteiger partial charge is 0.326 e. The maximum absolute atomic E-state index is 11.8. The number of amides is 2. The second-order valence-corrected chi connectivity index (χ2v) is 4.03. The number of carbonyl (C=O) groups excluding carboxylic acids is 1. The number of rotatable bonds is 4. The van der Waals surface area contributed by atoms with Crippen molar-refractivity contribution in [3.8, 4) is 0 Å². The van der Waals surface area contributed by atoms with E-state index in [4.69, 9.17) is 10.2 Å². The molecule has 0 aliphatic carbocycles. The van der Waals surface area contributed by atoms with Crippen molar-refractivity contribution < 1.29 is 24.6 Å². The van der Waals surface area contributed by atoms with Crippen molar-refractivity contribution in [1.82, 2.24) is 15.5 Å². The van der Waals surface area contributed by atoms with E-state index in [9.17, 15) is 14.4 Å². The van der Waals surface area contributed by atoms with Crippen molar-refractivity contribution in [1.29, 1.82) is 0 Å². The predicted molar refractivity (Wildman–Crippen MR) is 61.3 cm³/mol. The second-order valence-electron chi connectivity index (χ2n) is 4.03. The Morgan fingerprint density at radius 1 is 1.22 bits per heavy atom. The van der Waals surface area contributed by atoms with E-state index >= 15 is 0 Å². The quantitative estimate of drug-likeness (QED) is 0.510. The van der Waals surface area contributed by atoms with Crippen LogP contribution in [0, 0.1) is 0 Å². The minimum atomic E-state index is -1.40. The lowest BCUT2D eigenvalue weighted by molar-refractivity contribution is -0.145. The molecule has 4 N–H and O–H groups in total. The minimum Gasteiger partial charge on any atom is -0.481 e. The van der Waals surface area contributed by atoms with E-state index < -0.39 is 30.4 Å². The van der Waals surface area contributed by atoms with Gasteiger partial charge in [-0.25, -0.2) is 9.59 Å². The number of urea groups is 1. The van der Waals surface area contributed by atoms with Crippen molar-refractivity contribution in [2.24, 2.45) is 0 Å². The molecule has 2 amide bonds. The van der Waals surface area contributed by atoms with Crippen LogP contribution in [0.25, 0.3) is 0 Å². The largest absolute Gasteiger partial charge is 0.481 e. The summed E-state index contributed by atoms with van der Waals surface area (Å²) in [5.41, 5.74) is 0. The summed E-state index contributed by atoms with van der Waals surface area (Å²) in [5.74, 6) is -2.61. The summed E-state index contributed by atoms with van der Waals surface area (Å²) in [5, 5.41) is 22.7. The zero-order chi connectivity index (χ0) is 13.5. The highest BCUT2D eigenvalue weighted by Crippen LogP contribution is 1.99. The van der Waals surface area contributed by atoms with E-state index in [1.165, 1.54) is 4.90 Å². The van der Waals surface area contributed by atoms with E-state index in [1.54, 1.807) is 0 Å². The van der Waals surface area contributed by atoms with Crippen LogP contribution in [0.3, 0.4) is 0 Å². The fourth-order valence-electron chi connectivity index (χ4n) is 1.66. The van der Waals surface area contributed by atoms with Crippen molar-refractivity contribution in [2.45, 2.75) is 18.9 Å². The fourth-order valence-corrected chi connectivity index (χ4v) is 1.66. The first-order chi connectivity index (χ1) is 8.50. The Kier molecular flexibility index (Phi) is 5.37. The van der Waals surface area contributed by atoms with Gasteiger partial charge in [-0.1, -0.05) is 0 Å². The van der Waals surface area contributed by atoms with Gasteiger partial charge in [-0.2, -0.15) is 0 Å². The summed E-state index contributed by atoms with van der Waals surface area (Å²) in [6.45, 7) is 2.45. The predicted octanol–water partition coefficient (Wildman–Crippen LogP) is -1.08. The monoisotopic (exact) mass is 259 g/mol. The van der Waals surface area contributed by atoms with E-state index in [0.717, 1.165) is 13.0 Å². The Morgan fingerprint density at radius 2 is 1.94 bits per heavy atom. The molecule has 102 valence electrons. The second kappa shape index (κ2) is 6.80. The highest BCUT2D eigenvalue weighted by atomic mass is 16.4. The maximum Gasteiger partial charge on any atom is 0.326 e. The van der Waals surface area contributed by atoms with Gasteiger partial charge in [0.05, 0.1) is 6.42 Å². The Balaban J connectivity index is 2.53. The lowest BCUT2D eigenvalue weighted by atomic mass is 10.2. The third kappa shape index (κ3) is 4.58. The van der Waals surface area contributed by atoms with E-state index in [0.29, 0.717) is 19.6 Å². The van der Waals surface area contributed by atoms with Crippen LogP contribution in [0.5, 0.6) is 0 Å². The third-order valence-electron chi connectivity index (χ3n) is 2.60. The number of carboxylic acid groups (broad SMARTS) is 2. The molecule has 1 fully saturated rings.